The maximum absolute atomic E-state index is 12.5. The van der Waals surface area contributed by atoms with Crippen molar-refractivity contribution in [1.29, 1.82) is 0 Å². The summed E-state index contributed by atoms with van der Waals surface area (Å²) < 4.78 is 5.57. The van der Waals surface area contributed by atoms with Crippen molar-refractivity contribution in [2.24, 2.45) is 0 Å². The Morgan fingerprint density at radius 1 is 0.857 bits per heavy atom. The second kappa shape index (κ2) is 8.44. The first kappa shape index (κ1) is 18.5. The van der Waals surface area contributed by atoms with Crippen molar-refractivity contribution in [3.05, 3.63) is 83.9 Å². The van der Waals surface area contributed by atoms with Crippen molar-refractivity contribution in [3.8, 4) is 0 Å². The highest BCUT2D eigenvalue weighted by Crippen LogP contribution is 2.34. The van der Waals surface area contributed by atoms with Crippen LogP contribution in [0.2, 0.25) is 0 Å². The van der Waals surface area contributed by atoms with Crippen molar-refractivity contribution < 1.29 is 9.53 Å². The van der Waals surface area contributed by atoms with Crippen LogP contribution >= 0.6 is 0 Å². The number of fused-ring (bicyclic) bond motifs is 1. The van der Waals surface area contributed by atoms with Crippen LogP contribution < -0.4 is 10.6 Å². The van der Waals surface area contributed by atoms with E-state index in [4.69, 9.17) is 4.74 Å². The van der Waals surface area contributed by atoms with Gasteiger partial charge in [-0.2, -0.15) is 0 Å². The number of hydrogen-bond acceptors (Lipinski definition) is 2. The molecule has 4 heteroatoms. The van der Waals surface area contributed by atoms with E-state index in [9.17, 15) is 4.79 Å². The Hall–Kier alpha value is -2.85. The molecule has 1 heterocycles. The number of carbonyl (C=O) groups is 1. The molecular formula is C24H26N2O2. The Balaban J connectivity index is 1.40. The van der Waals surface area contributed by atoms with Crippen molar-refractivity contribution in [2.45, 2.75) is 24.8 Å². The van der Waals surface area contributed by atoms with Crippen molar-refractivity contribution in [2.75, 3.05) is 19.8 Å². The SMILES string of the molecule is O=C(NCc1cccc2ccccc12)NCC1(c2ccccc2)CCOCC1. The van der Waals surface area contributed by atoms with Crippen molar-refractivity contribution >= 4 is 16.8 Å². The molecule has 1 aliphatic heterocycles. The summed E-state index contributed by atoms with van der Waals surface area (Å²) in [6, 6.07) is 24.8. The van der Waals surface area contributed by atoms with Gasteiger partial charge in [-0.1, -0.05) is 72.8 Å². The van der Waals surface area contributed by atoms with Crippen LogP contribution in [0.5, 0.6) is 0 Å². The molecule has 0 saturated carbocycles. The summed E-state index contributed by atoms with van der Waals surface area (Å²) in [4.78, 5) is 12.5. The van der Waals surface area contributed by atoms with Gasteiger partial charge in [-0.3, -0.25) is 0 Å². The molecule has 0 atom stereocenters. The van der Waals surface area contributed by atoms with Gasteiger partial charge in [0.2, 0.25) is 0 Å². The van der Waals surface area contributed by atoms with Crippen LogP contribution in [0.3, 0.4) is 0 Å². The Bertz CT molecular complexity index is 928. The van der Waals surface area contributed by atoms with Crippen LogP contribution in [0.15, 0.2) is 72.8 Å². The first-order valence-corrected chi connectivity index (χ1v) is 9.88. The Labute approximate surface area is 165 Å². The quantitative estimate of drug-likeness (QED) is 0.696. The van der Waals surface area contributed by atoms with Gasteiger partial charge in [0.05, 0.1) is 0 Å². The van der Waals surface area contributed by atoms with E-state index in [-0.39, 0.29) is 11.4 Å². The summed E-state index contributed by atoms with van der Waals surface area (Å²) in [5.41, 5.74) is 2.33. The van der Waals surface area contributed by atoms with Gasteiger partial charge in [0.1, 0.15) is 0 Å². The summed E-state index contributed by atoms with van der Waals surface area (Å²) in [5.74, 6) is 0. The van der Waals surface area contributed by atoms with Gasteiger partial charge in [0.15, 0.2) is 0 Å². The van der Waals surface area contributed by atoms with Crippen LogP contribution in [-0.2, 0) is 16.7 Å². The summed E-state index contributed by atoms with van der Waals surface area (Å²) in [5, 5.41) is 8.49. The van der Waals surface area contributed by atoms with E-state index in [2.05, 4.69) is 59.2 Å². The molecule has 2 amide bonds. The van der Waals surface area contributed by atoms with E-state index in [0.717, 1.165) is 31.6 Å². The number of rotatable bonds is 5. The molecular weight excluding hydrogens is 348 g/mol. The first-order chi connectivity index (χ1) is 13.8. The number of benzene rings is 3. The number of ether oxygens (including phenoxy) is 1. The van der Waals surface area contributed by atoms with E-state index in [0.29, 0.717) is 13.1 Å². The third-order valence-corrected chi connectivity index (χ3v) is 5.74. The van der Waals surface area contributed by atoms with E-state index in [1.54, 1.807) is 0 Å². The third kappa shape index (κ3) is 4.02. The highest BCUT2D eigenvalue weighted by Gasteiger charge is 2.34. The number of nitrogens with one attached hydrogen (secondary N) is 2. The van der Waals surface area contributed by atoms with Crippen LogP contribution in [0, 0.1) is 0 Å². The molecule has 1 saturated heterocycles. The lowest BCUT2D eigenvalue weighted by atomic mass is 9.74. The lowest BCUT2D eigenvalue weighted by Crippen LogP contribution is -2.47. The van der Waals surface area contributed by atoms with E-state index in [1.165, 1.54) is 16.3 Å². The third-order valence-electron chi connectivity index (χ3n) is 5.74. The normalized spacial score (nSPS) is 15.9. The van der Waals surface area contributed by atoms with Gasteiger partial charge in [-0.15, -0.1) is 0 Å². The largest absolute Gasteiger partial charge is 0.381 e. The minimum absolute atomic E-state index is 0.0592. The molecule has 4 nitrogen and oxygen atoms in total. The molecule has 1 fully saturated rings. The number of urea groups is 1. The zero-order chi connectivity index (χ0) is 19.2. The van der Waals surface area contributed by atoms with Gasteiger partial charge >= 0.3 is 6.03 Å². The topological polar surface area (TPSA) is 50.4 Å². The Kier molecular flexibility index (Phi) is 5.58. The second-order valence-corrected chi connectivity index (χ2v) is 7.43. The average molecular weight is 374 g/mol. The fraction of sp³-hybridized carbons (Fsp3) is 0.292. The summed E-state index contributed by atoms with van der Waals surface area (Å²) in [7, 11) is 0. The Morgan fingerprint density at radius 2 is 1.57 bits per heavy atom. The summed E-state index contributed by atoms with van der Waals surface area (Å²) >= 11 is 0. The van der Waals surface area contributed by atoms with Gasteiger partial charge in [0, 0.05) is 31.7 Å². The smallest absolute Gasteiger partial charge is 0.315 e. The fourth-order valence-corrected chi connectivity index (χ4v) is 4.06. The minimum atomic E-state index is -0.130. The molecule has 2 N–H and O–H groups in total. The van der Waals surface area contributed by atoms with E-state index >= 15 is 0 Å². The van der Waals surface area contributed by atoms with Crippen LogP contribution in [0.1, 0.15) is 24.0 Å². The van der Waals surface area contributed by atoms with E-state index in [1.807, 2.05) is 24.3 Å². The fourth-order valence-electron chi connectivity index (χ4n) is 4.06. The molecule has 0 aliphatic carbocycles. The molecule has 28 heavy (non-hydrogen) atoms. The lowest BCUT2D eigenvalue weighted by molar-refractivity contribution is 0.0507. The van der Waals surface area contributed by atoms with Crippen molar-refractivity contribution in [1.82, 2.24) is 10.6 Å². The minimum Gasteiger partial charge on any atom is -0.381 e. The van der Waals surface area contributed by atoms with E-state index < -0.39 is 0 Å². The zero-order valence-electron chi connectivity index (χ0n) is 16.0. The molecule has 144 valence electrons. The second-order valence-electron chi connectivity index (χ2n) is 7.43. The maximum Gasteiger partial charge on any atom is 0.315 e. The predicted octanol–water partition coefficient (Wildman–Crippen LogP) is 4.39. The van der Waals surface area contributed by atoms with Gasteiger partial charge in [-0.25, -0.2) is 4.79 Å². The highest BCUT2D eigenvalue weighted by molar-refractivity contribution is 5.86. The molecule has 0 bridgehead atoms. The number of hydrogen-bond donors (Lipinski definition) is 2. The number of amides is 2. The molecule has 0 spiro atoms. The molecule has 3 aromatic carbocycles. The van der Waals surface area contributed by atoms with Crippen LogP contribution in [-0.4, -0.2) is 25.8 Å². The van der Waals surface area contributed by atoms with Gasteiger partial charge in [0.25, 0.3) is 0 Å². The van der Waals surface area contributed by atoms with Gasteiger partial charge < -0.3 is 15.4 Å². The molecule has 0 unspecified atom stereocenters. The first-order valence-electron chi connectivity index (χ1n) is 9.88. The molecule has 0 radical (unpaired) electrons. The lowest BCUT2D eigenvalue weighted by Gasteiger charge is -2.38. The summed E-state index contributed by atoms with van der Waals surface area (Å²) in [6.07, 6.45) is 1.83. The maximum atomic E-state index is 12.5. The van der Waals surface area contributed by atoms with Crippen LogP contribution in [0.4, 0.5) is 4.79 Å². The average Bonchev–Trinajstić information content (AvgIpc) is 2.77. The number of carbonyl (C=O) groups excluding carboxylic acids is 1. The monoisotopic (exact) mass is 374 g/mol. The standard InChI is InChI=1S/C24H26N2O2/c27-23(25-17-20-9-6-8-19-7-4-5-12-22(19)20)26-18-24(13-15-28-16-14-24)21-10-2-1-3-11-21/h1-12H,13-18H2,(H2,25,26,27). The Morgan fingerprint density at radius 3 is 2.39 bits per heavy atom. The van der Waals surface area contributed by atoms with Crippen LogP contribution in [0.25, 0.3) is 10.8 Å². The molecule has 0 aromatic heterocycles. The summed E-state index contributed by atoms with van der Waals surface area (Å²) in [6.45, 7) is 2.58. The van der Waals surface area contributed by atoms with Crippen molar-refractivity contribution in [3.63, 3.8) is 0 Å². The molecule has 3 aromatic rings. The molecule has 1 aliphatic rings. The zero-order valence-corrected chi connectivity index (χ0v) is 16.0. The predicted molar refractivity (Wildman–Crippen MR) is 112 cm³/mol. The highest BCUT2D eigenvalue weighted by atomic mass is 16.5. The van der Waals surface area contributed by atoms with Gasteiger partial charge in [-0.05, 0) is 34.7 Å². The molecule has 4 rings (SSSR count).